The molecule has 1 saturated heterocycles. The van der Waals surface area contributed by atoms with E-state index < -0.39 is 0 Å². The van der Waals surface area contributed by atoms with Crippen molar-refractivity contribution in [3.8, 4) is 5.75 Å². The Morgan fingerprint density at radius 1 is 0.742 bits per heavy atom. The van der Waals surface area contributed by atoms with Crippen molar-refractivity contribution >= 4 is 23.6 Å². The Labute approximate surface area is 180 Å². The third kappa shape index (κ3) is 4.42. The first-order chi connectivity index (χ1) is 15.0. The summed E-state index contributed by atoms with van der Waals surface area (Å²) in [7, 11) is 0. The van der Waals surface area contributed by atoms with Crippen molar-refractivity contribution in [1.82, 2.24) is 14.7 Å². The van der Waals surface area contributed by atoms with E-state index >= 15 is 0 Å². The maximum atomic E-state index is 12.6. The molecule has 0 saturated carbocycles. The van der Waals surface area contributed by atoms with Gasteiger partial charge in [0, 0.05) is 39.1 Å². The fourth-order valence-electron chi connectivity index (χ4n) is 3.77. The van der Waals surface area contributed by atoms with Gasteiger partial charge in [0.25, 0.3) is 17.7 Å². The van der Waals surface area contributed by atoms with Gasteiger partial charge in [0.1, 0.15) is 5.75 Å². The predicted molar refractivity (Wildman–Crippen MR) is 112 cm³/mol. The summed E-state index contributed by atoms with van der Waals surface area (Å²) < 4.78 is 5.50. The normalized spacial score (nSPS) is 15.8. The summed E-state index contributed by atoms with van der Waals surface area (Å²) in [6, 6.07) is 15.8. The molecule has 0 aromatic heterocycles. The molecule has 0 aliphatic carbocycles. The number of rotatable bonds is 6. The lowest BCUT2D eigenvalue weighted by molar-refractivity contribution is -0.140. The highest BCUT2D eigenvalue weighted by Gasteiger charge is 2.35. The molecule has 4 rings (SSSR count). The van der Waals surface area contributed by atoms with Crippen molar-refractivity contribution in [2.24, 2.45) is 0 Å². The van der Waals surface area contributed by atoms with Crippen LogP contribution in [0.1, 0.15) is 27.1 Å². The molecular weight excluding hydrogens is 398 g/mol. The van der Waals surface area contributed by atoms with Crippen molar-refractivity contribution in [3.05, 3.63) is 65.7 Å². The van der Waals surface area contributed by atoms with Crippen LogP contribution >= 0.6 is 0 Å². The summed E-state index contributed by atoms with van der Waals surface area (Å²) in [6.45, 7) is 1.69. The number of hydrogen-bond acceptors (Lipinski definition) is 5. The Morgan fingerprint density at radius 3 is 1.84 bits per heavy atom. The molecule has 0 spiro atoms. The largest absolute Gasteiger partial charge is 0.484 e. The lowest BCUT2D eigenvalue weighted by Crippen LogP contribution is -2.52. The van der Waals surface area contributed by atoms with E-state index in [1.54, 1.807) is 46.2 Å². The van der Waals surface area contributed by atoms with E-state index in [1.165, 1.54) is 0 Å². The van der Waals surface area contributed by atoms with E-state index in [4.69, 9.17) is 4.74 Å². The lowest BCUT2D eigenvalue weighted by Gasteiger charge is -2.35. The smallest absolute Gasteiger partial charge is 0.261 e. The average molecular weight is 421 g/mol. The van der Waals surface area contributed by atoms with Crippen molar-refractivity contribution in [2.75, 3.05) is 39.3 Å². The Bertz CT molecular complexity index is 964. The molecule has 0 N–H and O–H groups in total. The maximum Gasteiger partial charge on any atom is 0.261 e. The molecule has 8 nitrogen and oxygen atoms in total. The minimum atomic E-state index is -0.359. The number of benzene rings is 2. The van der Waals surface area contributed by atoms with Gasteiger partial charge in [0.15, 0.2) is 6.61 Å². The van der Waals surface area contributed by atoms with Crippen LogP contribution in [-0.2, 0) is 9.59 Å². The summed E-state index contributed by atoms with van der Waals surface area (Å²) in [5, 5.41) is 0. The predicted octanol–water partition coefficient (Wildman–Crippen LogP) is 1.42. The third-order valence-electron chi connectivity index (χ3n) is 5.52. The second-order valence-electron chi connectivity index (χ2n) is 7.42. The first kappa shape index (κ1) is 20.6. The van der Waals surface area contributed by atoms with Crippen LogP contribution in [-0.4, -0.2) is 77.7 Å². The Morgan fingerprint density at radius 2 is 1.26 bits per heavy atom. The number of nitrogens with zero attached hydrogens (tertiary/aromatic N) is 3. The molecule has 2 heterocycles. The fourth-order valence-corrected chi connectivity index (χ4v) is 3.77. The summed E-state index contributed by atoms with van der Waals surface area (Å²) in [4.78, 5) is 54.2. The van der Waals surface area contributed by atoms with E-state index in [-0.39, 0.29) is 43.2 Å². The highest BCUT2D eigenvalue weighted by Crippen LogP contribution is 2.22. The molecule has 2 aliphatic heterocycles. The molecule has 2 aliphatic rings. The zero-order valence-electron chi connectivity index (χ0n) is 17.0. The van der Waals surface area contributed by atoms with Crippen LogP contribution in [0.4, 0.5) is 0 Å². The van der Waals surface area contributed by atoms with E-state index in [0.717, 1.165) is 4.90 Å². The number of carbonyl (C=O) groups is 4. The van der Waals surface area contributed by atoms with Gasteiger partial charge < -0.3 is 14.5 Å². The summed E-state index contributed by atoms with van der Waals surface area (Å²) in [5.74, 6) is -0.339. The number of ether oxygens (including phenoxy) is 1. The van der Waals surface area contributed by atoms with Crippen molar-refractivity contribution in [1.29, 1.82) is 0 Å². The van der Waals surface area contributed by atoms with Gasteiger partial charge in [-0.25, -0.2) is 0 Å². The molecule has 160 valence electrons. The van der Waals surface area contributed by atoms with Crippen molar-refractivity contribution in [2.45, 2.75) is 6.42 Å². The Hall–Kier alpha value is -3.68. The third-order valence-corrected chi connectivity index (χ3v) is 5.52. The van der Waals surface area contributed by atoms with Crippen LogP contribution in [0.15, 0.2) is 54.6 Å². The number of fused-ring (bicyclic) bond motifs is 1. The zero-order valence-corrected chi connectivity index (χ0v) is 17.0. The van der Waals surface area contributed by atoms with Gasteiger partial charge >= 0.3 is 0 Å². The average Bonchev–Trinajstić information content (AvgIpc) is 3.06. The molecule has 8 heteroatoms. The van der Waals surface area contributed by atoms with Gasteiger partial charge in [-0.15, -0.1) is 0 Å². The SMILES string of the molecule is O=C(CCN1C(=O)c2ccccc2C1=O)N1CCN(C(=O)COc2ccccc2)CC1. The highest BCUT2D eigenvalue weighted by atomic mass is 16.5. The topological polar surface area (TPSA) is 87.2 Å². The van der Waals surface area contributed by atoms with Crippen LogP contribution in [0, 0.1) is 0 Å². The quantitative estimate of drug-likeness (QED) is 0.659. The number of para-hydroxylation sites is 1. The molecule has 1 fully saturated rings. The van der Waals surface area contributed by atoms with Crippen LogP contribution in [0.25, 0.3) is 0 Å². The number of piperazine rings is 1. The van der Waals surface area contributed by atoms with Crippen molar-refractivity contribution < 1.29 is 23.9 Å². The van der Waals surface area contributed by atoms with Gasteiger partial charge in [-0.3, -0.25) is 24.1 Å². The number of hydrogen-bond donors (Lipinski definition) is 0. The minimum absolute atomic E-state index is 0.0439. The first-order valence-electron chi connectivity index (χ1n) is 10.2. The van der Waals surface area contributed by atoms with Crippen LogP contribution in [0.3, 0.4) is 0 Å². The molecule has 0 radical (unpaired) electrons. The summed E-state index contributed by atoms with van der Waals surface area (Å²) in [6.07, 6.45) is 0.0660. The van der Waals surface area contributed by atoms with E-state index in [9.17, 15) is 19.2 Å². The van der Waals surface area contributed by atoms with Crippen molar-refractivity contribution in [3.63, 3.8) is 0 Å². The van der Waals surface area contributed by atoms with Crippen LogP contribution < -0.4 is 4.74 Å². The number of imide groups is 1. The molecule has 2 aromatic carbocycles. The molecular formula is C23H23N3O5. The second kappa shape index (κ2) is 8.99. The number of carbonyl (C=O) groups excluding carboxylic acids is 4. The highest BCUT2D eigenvalue weighted by molar-refractivity contribution is 6.21. The lowest BCUT2D eigenvalue weighted by atomic mass is 10.1. The summed E-state index contributed by atoms with van der Waals surface area (Å²) >= 11 is 0. The van der Waals surface area contributed by atoms with Gasteiger partial charge in [-0.05, 0) is 24.3 Å². The zero-order chi connectivity index (χ0) is 21.8. The van der Waals surface area contributed by atoms with Gasteiger partial charge in [-0.2, -0.15) is 0 Å². The van der Waals surface area contributed by atoms with E-state index in [1.807, 2.05) is 18.2 Å². The fraction of sp³-hybridized carbons (Fsp3) is 0.304. The van der Waals surface area contributed by atoms with Gasteiger partial charge in [0.2, 0.25) is 5.91 Å². The van der Waals surface area contributed by atoms with Gasteiger partial charge in [-0.1, -0.05) is 30.3 Å². The summed E-state index contributed by atoms with van der Waals surface area (Å²) in [5.41, 5.74) is 0.759. The molecule has 4 amide bonds. The molecule has 0 unspecified atom stereocenters. The Balaban J connectivity index is 1.22. The molecule has 31 heavy (non-hydrogen) atoms. The molecule has 0 bridgehead atoms. The van der Waals surface area contributed by atoms with Gasteiger partial charge in [0.05, 0.1) is 11.1 Å². The second-order valence-corrected chi connectivity index (χ2v) is 7.42. The molecule has 2 aromatic rings. The molecule has 0 atom stereocenters. The minimum Gasteiger partial charge on any atom is -0.484 e. The van der Waals surface area contributed by atoms with Crippen LogP contribution in [0.5, 0.6) is 5.75 Å². The van der Waals surface area contributed by atoms with Crippen LogP contribution in [0.2, 0.25) is 0 Å². The Kier molecular flexibility index (Phi) is 5.97. The first-order valence-corrected chi connectivity index (χ1v) is 10.2. The number of amides is 4. The van der Waals surface area contributed by atoms with E-state index in [2.05, 4.69) is 0 Å². The van der Waals surface area contributed by atoms with E-state index in [0.29, 0.717) is 43.1 Å². The standard InChI is InChI=1S/C23H23N3O5/c27-20(10-11-26-22(29)18-8-4-5-9-19(18)23(26)30)24-12-14-25(15-13-24)21(28)16-31-17-6-2-1-3-7-17/h1-9H,10-16H2. The maximum absolute atomic E-state index is 12.6. The monoisotopic (exact) mass is 421 g/mol.